The largest absolute Gasteiger partial charge is 0.480 e. The van der Waals surface area contributed by atoms with Crippen LogP contribution in [0.15, 0.2) is 0 Å². The van der Waals surface area contributed by atoms with Crippen molar-refractivity contribution in [3.8, 4) is 0 Å². The van der Waals surface area contributed by atoms with Gasteiger partial charge in [0.05, 0.1) is 19.3 Å². The molecule has 1 aliphatic rings. The van der Waals surface area contributed by atoms with Crippen LogP contribution >= 0.6 is 0 Å². The maximum atomic E-state index is 11.2. The van der Waals surface area contributed by atoms with Crippen LogP contribution in [-0.4, -0.2) is 48.6 Å². The van der Waals surface area contributed by atoms with Crippen LogP contribution in [0.1, 0.15) is 33.6 Å². The Morgan fingerprint density at radius 3 is 2.82 bits per heavy atom. The Balaban J connectivity index is 2.35. The van der Waals surface area contributed by atoms with Gasteiger partial charge in [-0.2, -0.15) is 0 Å². The lowest BCUT2D eigenvalue weighted by Crippen LogP contribution is -2.55. The summed E-state index contributed by atoms with van der Waals surface area (Å²) < 4.78 is 10.9. The van der Waals surface area contributed by atoms with Crippen LogP contribution < -0.4 is 5.32 Å². The van der Waals surface area contributed by atoms with Crippen molar-refractivity contribution in [1.29, 1.82) is 0 Å². The van der Waals surface area contributed by atoms with Crippen LogP contribution in [0.3, 0.4) is 0 Å². The molecule has 0 aromatic carbocycles. The first-order valence-corrected chi connectivity index (χ1v) is 6.14. The first-order chi connectivity index (χ1) is 7.94. The average Bonchev–Trinajstić information content (AvgIpc) is 2.69. The topological polar surface area (TPSA) is 67.8 Å². The number of aliphatic carboxylic acids is 1. The zero-order valence-electron chi connectivity index (χ0n) is 10.9. The normalized spacial score (nSPS) is 23.9. The van der Waals surface area contributed by atoms with Gasteiger partial charge in [-0.05, 0) is 33.6 Å². The fraction of sp³-hybridized carbons (Fsp3) is 0.917. The quantitative estimate of drug-likeness (QED) is 0.701. The van der Waals surface area contributed by atoms with Gasteiger partial charge >= 0.3 is 5.97 Å². The third kappa shape index (κ3) is 4.61. The van der Waals surface area contributed by atoms with Crippen LogP contribution in [0.2, 0.25) is 0 Å². The molecule has 5 heteroatoms. The van der Waals surface area contributed by atoms with Gasteiger partial charge in [0.25, 0.3) is 0 Å². The van der Waals surface area contributed by atoms with E-state index in [0.29, 0.717) is 6.61 Å². The van der Waals surface area contributed by atoms with Crippen LogP contribution in [0.25, 0.3) is 0 Å². The first kappa shape index (κ1) is 14.4. The van der Waals surface area contributed by atoms with E-state index in [4.69, 9.17) is 9.47 Å². The minimum Gasteiger partial charge on any atom is -0.480 e. The van der Waals surface area contributed by atoms with Crippen LogP contribution in [0, 0.1) is 0 Å². The molecule has 2 atom stereocenters. The molecule has 0 spiro atoms. The predicted molar refractivity (Wildman–Crippen MR) is 64.1 cm³/mol. The summed E-state index contributed by atoms with van der Waals surface area (Å²) in [6, 6.07) is 0.0995. The molecule has 5 nitrogen and oxygen atoms in total. The third-order valence-corrected chi connectivity index (χ3v) is 2.80. The molecule has 0 saturated carbocycles. The zero-order valence-corrected chi connectivity index (χ0v) is 10.9. The smallest absolute Gasteiger partial charge is 0.326 e. The van der Waals surface area contributed by atoms with Crippen molar-refractivity contribution in [2.45, 2.75) is 51.3 Å². The van der Waals surface area contributed by atoms with Gasteiger partial charge in [0.2, 0.25) is 0 Å². The molecule has 1 aliphatic heterocycles. The molecule has 0 aliphatic carbocycles. The number of carboxylic acid groups (broad SMARTS) is 1. The van der Waals surface area contributed by atoms with Crippen LogP contribution in [-0.2, 0) is 14.3 Å². The number of carbonyl (C=O) groups is 1. The van der Waals surface area contributed by atoms with Gasteiger partial charge in [-0.15, -0.1) is 0 Å². The third-order valence-electron chi connectivity index (χ3n) is 2.80. The maximum Gasteiger partial charge on any atom is 0.326 e. The number of nitrogens with one attached hydrogen (secondary N) is 1. The van der Waals surface area contributed by atoms with Crippen molar-refractivity contribution in [2.75, 3.05) is 19.8 Å². The van der Waals surface area contributed by atoms with E-state index in [0.717, 1.165) is 19.4 Å². The number of ether oxygens (including phenoxy) is 2. The van der Waals surface area contributed by atoms with E-state index in [1.54, 1.807) is 6.92 Å². The molecule has 0 aromatic heterocycles. The highest BCUT2D eigenvalue weighted by atomic mass is 16.5. The Kier molecular flexibility index (Phi) is 5.36. The highest BCUT2D eigenvalue weighted by Gasteiger charge is 2.34. The number of carboxylic acids is 1. The molecule has 0 amide bonds. The van der Waals surface area contributed by atoms with Crippen LogP contribution in [0.5, 0.6) is 0 Å². The Morgan fingerprint density at radius 2 is 2.35 bits per heavy atom. The molecule has 0 aromatic rings. The van der Waals surface area contributed by atoms with Crippen LogP contribution in [0.4, 0.5) is 0 Å². The van der Waals surface area contributed by atoms with Crippen molar-refractivity contribution >= 4 is 5.97 Å². The van der Waals surface area contributed by atoms with Crippen molar-refractivity contribution < 1.29 is 19.4 Å². The zero-order chi connectivity index (χ0) is 12.9. The molecule has 0 radical (unpaired) electrons. The van der Waals surface area contributed by atoms with Gasteiger partial charge in [0.15, 0.2) is 0 Å². The summed E-state index contributed by atoms with van der Waals surface area (Å²) in [7, 11) is 0. The van der Waals surface area contributed by atoms with Crippen molar-refractivity contribution in [2.24, 2.45) is 0 Å². The fourth-order valence-corrected chi connectivity index (χ4v) is 1.97. The molecule has 100 valence electrons. The predicted octanol–water partition coefficient (Wildman–Crippen LogP) is 1.02. The Bertz CT molecular complexity index is 251. The van der Waals surface area contributed by atoms with Crippen molar-refractivity contribution in [3.05, 3.63) is 0 Å². The second kappa shape index (κ2) is 6.33. The van der Waals surface area contributed by atoms with Crippen molar-refractivity contribution in [1.82, 2.24) is 5.32 Å². The molecule has 1 rings (SSSR count). The lowest BCUT2D eigenvalue weighted by atomic mass is 10.0. The van der Waals surface area contributed by atoms with Crippen molar-refractivity contribution in [3.63, 3.8) is 0 Å². The molecule has 2 N–H and O–H groups in total. The van der Waals surface area contributed by atoms with Gasteiger partial charge < -0.3 is 14.6 Å². The number of hydrogen-bond donors (Lipinski definition) is 2. The lowest BCUT2D eigenvalue weighted by Gasteiger charge is -2.28. The maximum absolute atomic E-state index is 11.2. The number of hydrogen-bond acceptors (Lipinski definition) is 4. The molecule has 1 heterocycles. The van der Waals surface area contributed by atoms with E-state index >= 15 is 0 Å². The van der Waals surface area contributed by atoms with E-state index in [-0.39, 0.29) is 18.8 Å². The average molecular weight is 245 g/mol. The Labute approximate surface area is 102 Å². The number of rotatable bonds is 7. The summed E-state index contributed by atoms with van der Waals surface area (Å²) >= 11 is 0. The minimum absolute atomic E-state index is 0.0995. The SMILES string of the molecule is CC(C)NC(C)(COCC1CCCO1)C(=O)O. The lowest BCUT2D eigenvalue weighted by molar-refractivity contribution is -0.148. The molecule has 1 saturated heterocycles. The van der Waals surface area contributed by atoms with E-state index in [1.807, 2.05) is 13.8 Å². The molecule has 17 heavy (non-hydrogen) atoms. The summed E-state index contributed by atoms with van der Waals surface area (Å²) in [5.74, 6) is -0.890. The molecular formula is C12H23NO4. The minimum atomic E-state index is -1.03. The summed E-state index contributed by atoms with van der Waals surface area (Å²) in [5.41, 5.74) is -1.03. The summed E-state index contributed by atoms with van der Waals surface area (Å²) in [4.78, 5) is 11.2. The summed E-state index contributed by atoms with van der Waals surface area (Å²) in [6.45, 7) is 6.89. The first-order valence-electron chi connectivity index (χ1n) is 6.14. The van der Waals surface area contributed by atoms with Gasteiger partial charge in [-0.3, -0.25) is 10.1 Å². The van der Waals surface area contributed by atoms with Gasteiger partial charge in [0, 0.05) is 12.6 Å². The Hall–Kier alpha value is -0.650. The van der Waals surface area contributed by atoms with E-state index < -0.39 is 11.5 Å². The molecule has 0 bridgehead atoms. The van der Waals surface area contributed by atoms with Gasteiger partial charge in [-0.1, -0.05) is 0 Å². The summed E-state index contributed by atoms with van der Waals surface area (Å²) in [5, 5.41) is 12.2. The second-order valence-corrected chi connectivity index (χ2v) is 5.09. The second-order valence-electron chi connectivity index (χ2n) is 5.09. The molecular weight excluding hydrogens is 222 g/mol. The van der Waals surface area contributed by atoms with E-state index in [9.17, 15) is 9.90 Å². The molecule has 1 fully saturated rings. The monoisotopic (exact) mass is 245 g/mol. The van der Waals surface area contributed by atoms with Gasteiger partial charge in [0.1, 0.15) is 5.54 Å². The Morgan fingerprint density at radius 1 is 1.65 bits per heavy atom. The fourth-order valence-electron chi connectivity index (χ4n) is 1.97. The van der Waals surface area contributed by atoms with E-state index in [1.165, 1.54) is 0 Å². The highest BCUT2D eigenvalue weighted by molar-refractivity contribution is 5.78. The highest BCUT2D eigenvalue weighted by Crippen LogP contribution is 2.13. The van der Waals surface area contributed by atoms with E-state index in [2.05, 4.69) is 5.32 Å². The standard InChI is InChI=1S/C12H23NO4/c1-9(2)13-12(3,11(14)15)8-16-7-10-5-4-6-17-10/h9-10,13H,4-8H2,1-3H3,(H,14,15). The summed E-state index contributed by atoms with van der Waals surface area (Å²) in [6.07, 6.45) is 2.20. The van der Waals surface area contributed by atoms with Gasteiger partial charge in [-0.25, -0.2) is 0 Å². The molecule has 2 unspecified atom stereocenters.